The second-order valence-electron chi connectivity index (χ2n) is 5.44. The van der Waals surface area contributed by atoms with E-state index in [4.69, 9.17) is 9.72 Å². The maximum absolute atomic E-state index is 5.15. The molecule has 1 heterocycles. The van der Waals surface area contributed by atoms with Gasteiger partial charge in [0.25, 0.3) is 0 Å². The third kappa shape index (κ3) is 2.92. The molecule has 1 N–H and O–H groups in total. The molecule has 2 rings (SSSR count). The van der Waals surface area contributed by atoms with Crippen LogP contribution in [-0.4, -0.2) is 25.2 Å². The van der Waals surface area contributed by atoms with Crippen LogP contribution in [0.15, 0.2) is 5.38 Å². The van der Waals surface area contributed by atoms with E-state index in [-0.39, 0.29) is 5.54 Å². The van der Waals surface area contributed by atoms with Crippen LogP contribution in [0.2, 0.25) is 0 Å². The molecule has 102 valence electrons. The van der Waals surface area contributed by atoms with Crippen molar-refractivity contribution in [1.29, 1.82) is 0 Å². The molecular weight excluding hydrogens is 244 g/mol. The second kappa shape index (κ2) is 6.13. The maximum atomic E-state index is 5.15. The number of aromatic nitrogens is 1. The van der Waals surface area contributed by atoms with Crippen LogP contribution < -0.4 is 5.32 Å². The van der Waals surface area contributed by atoms with Crippen LogP contribution in [0, 0.1) is 0 Å². The van der Waals surface area contributed by atoms with Gasteiger partial charge >= 0.3 is 0 Å². The minimum Gasteiger partial charge on any atom is -0.383 e. The minimum atomic E-state index is 0.121. The summed E-state index contributed by atoms with van der Waals surface area (Å²) >= 11 is 1.82. The Hall–Kier alpha value is -0.450. The van der Waals surface area contributed by atoms with E-state index in [0.29, 0.717) is 5.92 Å². The molecule has 3 nitrogen and oxygen atoms in total. The summed E-state index contributed by atoms with van der Waals surface area (Å²) in [5, 5.41) is 7.19. The molecule has 1 fully saturated rings. The Kier molecular flexibility index (Phi) is 4.76. The molecule has 0 bridgehead atoms. The Morgan fingerprint density at radius 1 is 1.44 bits per heavy atom. The quantitative estimate of drug-likeness (QED) is 0.804. The highest BCUT2D eigenvalue weighted by atomic mass is 32.1. The zero-order valence-electron chi connectivity index (χ0n) is 11.7. The average molecular weight is 268 g/mol. The lowest BCUT2D eigenvalue weighted by molar-refractivity contribution is 0.183. The van der Waals surface area contributed by atoms with Crippen molar-refractivity contribution < 1.29 is 4.74 Å². The van der Waals surface area contributed by atoms with Crippen LogP contribution in [0.25, 0.3) is 0 Å². The molecule has 0 amide bonds. The highest BCUT2D eigenvalue weighted by Crippen LogP contribution is 2.40. The first-order valence-corrected chi connectivity index (χ1v) is 7.76. The highest BCUT2D eigenvalue weighted by Gasteiger charge is 2.37. The molecule has 0 unspecified atom stereocenters. The monoisotopic (exact) mass is 268 g/mol. The van der Waals surface area contributed by atoms with E-state index in [0.717, 1.165) is 13.2 Å². The number of nitrogens with zero attached hydrogens (tertiary/aromatic N) is 1. The number of ether oxygens (including phenoxy) is 1. The number of hydrogen-bond acceptors (Lipinski definition) is 4. The summed E-state index contributed by atoms with van der Waals surface area (Å²) in [5.41, 5.74) is 1.35. The van der Waals surface area contributed by atoms with Crippen LogP contribution in [0.3, 0.4) is 0 Å². The molecule has 1 saturated carbocycles. The van der Waals surface area contributed by atoms with E-state index in [9.17, 15) is 0 Å². The Morgan fingerprint density at radius 2 is 2.17 bits per heavy atom. The van der Waals surface area contributed by atoms with Gasteiger partial charge in [-0.1, -0.05) is 26.7 Å². The molecule has 0 aromatic carbocycles. The topological polar surface area (TPSA) is 34.1 Å². The summed E-state index contributed by atoms with van der Waals surface area (Å²) in [6.07, 6.45) is 5.02. The van der Waals surface area contributed by atoms with Gasteiger partial charge in [-0.3, -0.25) is 0 Å². The lowest BCUT2D eigenvalue weighted by Gasteiger charge is -2.28. The molecule has 1 aliphatic rings. The third-order valence-electron chi connectivity index (χ3n) is 3.75. The lowest BCUT2D eigenvalue weighted by Crippen LogP contribution is -2.41. The van der Waals surface area contributed by atoms with Gasteiger partial charge in [0.05, 0.1) is 17.8 Å². The number of hydrogen-bond donors (Lipinski definition) is 1. The number of rotatable bonds is 6. The standard InChI is InChI=1S/C14H24N2OS/c1-11(2)12-10-18-13(16-12)14(6-4-5-7-14)15-8-9-17-3/h10-11,15H,4-9H2,1-3H3. The Bertz CT molecular complexity index is 370. The van der Waals surface area contributed by atoms with Crippen molar-refractivity contribution in [3.8, 4) is 0 Å². The fourth-order valence-electron chi connectivity index (χ4n) is 2.61. The van der Waals surface area contributed by atoms with Crippen LogP contribution >= 0.6 is 11.3 Å². The van der Waals surface area contributed by atoms with Crippen molar-refractivity contribution in [3.63, 3.8) is 0 Å². The molecule has 0 atom stereocenters. The van der Waals surface area contributed by atoms with Crippen molar-refractivity contribution >= 4 is 11.3 Å². The average Bonchev–Trinajstić information content (AvgIpc) is 2.98. The number of methoxy groups -OCH3 is 1. The molecule has 1 aromatic rings. The molecule has 0 saturated heterocycles. The van der Waals surface area contributed by atoms with E-state index in [2.05, 4.69) is 24.5 Å². The van der Waals surface area contributed by atoms with Crippen molar-refractivity contribution in [2.45, 2.75) is 51.0 Å². The van der Waals surface area contributed by atoms with Crippen molar-refractivity contribution in [1.82, 2.24) is 10.3 Å². The van der Waals surface area contributed by atoms with Crippen molar-refractivity contribution in [2.75, 3.05) is 20.3 Å². The molecular formula is C14H24N2OS. The first-order chi connectivity index (χ1) is 8.68. The largest absolute Gasteiger partial charge is 0.383 e. The molecule has 18 heavy (non-hydrogen) atoms. The summed E-state index contributed by atoms with van der Waals surface area (Å²) < 4.78 is 5.15. The highest BCUT2D eigenvalue weighted by molar-refractivity contribution is 7.09. The predicted octanol–water partition coefficient (Wildman–Crippen LogP) is 3.27. The normalized spacial score (nSPS) is 18.7. The fraction of sp³-hybridized carbons (Fsp3) is 0.786. The zero-order chi connectivity index (χ0) is 13.0. The molecule has 4 heteroatoms. The number of thiazole rings is 1. The summed E-state index contributed by atoms with van der Waals surface area (Å²) in [7, 11) is 1.75. The van der Waals surface area contributed by atoms with Crippen LogP contribution in [0.1, 0.15) is 56.2 Å². The van der Waals surface area contributed by atoms with E-state index in [1.54, 1.807) is 7.11 Å². The molecule has 1 aromatic heterocycles. The van der Waals surface area contributed by atoms with E-state index in [1.165, 1.54) is 36.4 Å². The van der Waals surface area contributed by atoms with Crippen molar-refractivity contribution in [3.05, 3.63) is 16.1 Å². The van der Waals surface area contributed by atoms with Crippen molar-refractivity contribution in [2.24, 2.45) is 0 Å². The van der Waals surface area contributed by atoms with Gasteiger partial charge in [0.2, 0.25) is 0 Å². The zero-order valence-corrected chi connectivity index (χ0v) is 12.5. The van der Waals surface area contributed by atoms with Gasteiger partial charge in [0, 0.05) is 19.0 Å². The number of nitrogens with one attached hydrogen (secondary N) is 1. The lowest BCUT2D eigenvalue weighted by atomic mass is 9.98. The van der Waals surface area contributed by atoms with Gasteiger partial charge in [0.1, 0.15) is 5.01 Å². The maximum Gasteiger partial charge on any atom is 0.113 e. The van der Waals surface area contributed by atoms with Gasteiger partial charge < -0.3 is 10.1 Å². The Morgan fingerprint density at radius 3 is 2.72 bits per heavy atom. The summed E-state index contributed by atoms with van der Waals surface area (Å²) in [5.74, 6) is 0.521. The second-order valence-corrected chi connectivity index (χ2v) is 6.30. The molecule has 0 radical (unpaired) electrons. The summed E-state index contributed by atoms with van der Waals surface area (Å²) in [6, 6.07) is 0. The van der Waals surface area contributed by atoms with Crippen LogP contribution in [-0.2, 0) is 10.3 Å². The molecule has 0 aliphatic heterocycles. The van der Waals surface area contributed by atoms with E-state index in [1.807, 2.05) is 11.3 Å². The smallest absolute Gasteiger partial charge is 0.113 e. The summed E-state index contributed by atoms with van der Waals surface area (Å²) in [4.78, 5) is 4.86. The SMILES string of the molecule is COCCNC1(c2nc(C(C)C)cs2)CCCC1. The fourth-order valence-corrected chi connectivity index (χ4v) is 3.83. The third-order valence-corrected chi connectivity index (χ3v) is 4.81. The van der Waals surface area contributed by atoms with Gasteiger partial charge in [0.15, 0.2) is 0 Å². The Balaban J connectivity index is 2.12. The molecule has 0 spiro atoms. The van der Waals surface area contributed by atoms with Gasteiger partial charge in [-0.15, -0.1) is 11.3 Å². The molecule has 1 aliphatic carbocycles. The minimum absolute atomic E-state index is 0.121. The Labute approximate surface area is 114 Å². The van der Waals surface area contributed by atoms with Crippen LogP contribution in [0.5, 0.6) is 0 Å². The predicted molar refractivity (Wildman–Crippen MR) is 76.2 cm³/mol. The summed E-state index contributed by atoms with van der Waals surface area (Å²) in [6.45, 7) is 6.09. The van der Waals surface area contributed by atoms with E-state index >= 15 is 0 Å². The van der Waals surface area contributed by atoms with Gasteiger partial charge in [-0.05, 0) is 18.8 Å². The van der Waals surface area contributed by atoms with Gasteiger partial charge in [-0.2, -0.15) is 0 Å². The van der Waals surface area contributed by atoms with E-state index < -0.39 is 0 Å². The van der Waals surface area contributed by atoms with Gasteiger partial charge in [-0.25, -0.2) is 4.98 Å². The first-order valence-electron chi connectivity index (χ1n) is 6.88. The first kappa shape index (κ1) is 14.0. The van der Waals surface area contributed by atoms with Crippen LogP contribution in [0.4, 0.5) is 0 Å².